The Labute approximate surface area is 125 Å². The summed E-state index contributed by atoms with van der Waals surface area (Å²) in [6, 6.07) is 14.5. The van der Waals surface area contributed by atoms with Crippen LogP contribution in [-0.2, 0) is 6.54 Å². The molecule has 20 heavy (non-hydrogen) atoms. The van der Waals surface area contributed by atoms with Crippen LogP contribution in [0.2, 0.25) is 0 Å². The van der Waals surface area contributed by atoms with Crippen LogP contribution >= 0.6 is 11.8 Å². The van der Waals surface area contributed by atoms with E-state index in [1.807, 2.05) is 36.0 Å². The molecule has 2 N–H and O–H groups in total. The second-order valence-corrected chi connectivity index (χ2v) is 5.92. The Morgan fingerprint density at radius 2 is 1.85 bits per heavy atom. The smallest absolute Gasteiger partial charge is 0.123 e. The molecular formula is C17H21NOS. The fraction of sp³-hybridized carbons (Fsp3) is 0.294. The molecule has 0 aliphatic carbocycles. The molecule has 0 bridgehead atoms. The third kappa shape index (κ3) is 4.02. The van der Waals surface area contributed by atoms with Crippen LogP contribution < -0.4 is 10.5 Å². The Morgan fingerprint density at radius 1 is 1.05 bits per heavy atom. The first-order valence-electron chi connectivity index (χ1n) is 6.81. The fourth-order valence-corrected chi connectivity index (χ4v) is 2.75. The van der Waals surface area contributed by atoms with Crippen LogP contribution in [0, 0.1) is 13.8 Å². The fourth-order valence-electron chi connectivity index (χ4n) is 1.93. The molecule has 0 aliphatic rings. The highest BCUT2D eigenvalue weighted by Crippen LogP contribution is 2.22. The van der Waals surface area contributed by atoms with Crippen LogP contribution in [0.4, 0.5) is 0 Å². The van der Waals surface area contributed by atoms with E-state index in [0.29, 0.717) is 13.2 Å². The van der Waals surface area contributed by atoms with Gasteiger partial charge in [0.05, 0.1) is 6.61 Å². The SMILES string of the molecule is Cc1ccc(SCCOc2ccccc2CN)cc1C. The standard InChI is InChI=1S/C17H21NOS/c1-13-7-8-16(11-14(13)2)20-10-9-19-17-6-4-3-5-15(17)12-18/h3-8,11H,9-10,12,18H2,1-2H3. The molecule has 0 heterocycles. The van der Waals surface area contributed by atoms with Crippen LogP contribution in [-0.4, -0.2) is 12.4 Å². The van der Waals surface area contributed by atoms with Gasteiger partial charge in [-0.1, -0.05) is 24.3 Å². The van der Waals surface area contributed by atoms with Crippen molar-refractivity contribution >= 4 is 11.8 Å². The Kier molecular flexibility index (Phi) is 5.50. The van der Waals surface area contributed by atoms with Crippen molar-refractivity contribution in [2.75, 3.05) is 12.4 Å². The van der Waals surface area contributed by atoms with Gasteiger partial charge in [-0.15, -0.1) is 11.8 Å². The number of rotatable bonds is 6. The maximum atomic E-state index is 5.80. The summed E-state index contributed by atoms with van der Waals surface area (Å²) in [5.41, 5.74) is 9.42. The van der Waals surface area contributed by atoms with Crippen molar-refractivity contribution in [2.45, 2.75) is 25.3 Å². The summed E-state index contributed by atoms with van der Waals surface area (Å²) in [6.45, 7) is 5.49. The van der Waals surface area contributed by atoms with E-state index in [9.17, 15) is 0 Å². The number of thioether (sulfide) groups is 1. The Morgan fingerprint density at radius 3 is 2.60 bits per heavy atom. The molecule has 0 amide bonds. The predicted molar refractivity (Wildman–Crippen MR) is 86.5 cm³/mol. The van der Waals surface area contributed by atoms with E-state index >= 15 is 0 Å². The molecule has 0 spiro atoms. The van der Waals surface area contributed by atoms with Crippen LogP contribution in [0.15, 0.2) is 47.4 Å². The molecule has 0 fully saturated rings. The minimum Gasteiger partial charge on any atom is -0.492 e. The summed E-state index contributed by atoms with van der Waals surface area (Å²) in [5.74, 6) is 1.83. The van der Waals surface area contributed by atoms with Gasteiger partial charge in [-0.25, -0.2) is 0 Å². The van der Waals surface area contributed by atoms with Crippen molar-refractivity contribution in [2.24, 2.45) is 5.73 Å². The van der Waals surface area contributed by atoms with Crippen LogP contribution in [0.1, 0.15) is 16.7 Å². The minimum atomic E-state index is 0.514. The molecule has 0 atom stereocenters. The number of hydrogen-bond acceptors (Lipinski definition) is 3. The van der Waals surface area contributed by atoms with Gasteiger partial charge in [-0.2, -0.15) is 0 Å². The summed E-state index contributed by atoms with van der Waals surface area (Å²) in [6.07, 6.45) is 0. The van der Waals surface area contributed by atoms with Crippen molar-refractivity contribution in [3.63, 3.8) is 0 Å². The number of benzene rings is 2. The number of hydrogen-bond donors (Lipinski definition) is 1. The zero-order valence-electron chi connectivity index (χ0n) is 12.1. The van der Waals surface area contributed by atoms with E-state index in [-0.39, 0.29) is 0 Å². The van der Waals surface area contributed by atoms with Crippen LogP contribution in [0.3, 0.4) is 0 Å². The van der Waals surface area contributed by atoms with Gasteiger partial charge in [0.15, 0.2) is 0 Å². The average molecular weight is 287 g/mol. The number of aryl methyl sites for hydroxylation is 2. The lowest BCUT2D eigenvalue weighted by molar-refractivity contribution is 0.340. The lowest BCUT2D eigenvalue weighted by Crippen LogP contribution is -2.05. The second-order valence-electron chi connectivity index (χ2n) is 4.75. The van der Waals surface area contributed by atoms with Gasteiger partial charge >= 0.3 is 0 Å². The lowest BCUT2D eigenvalue weighted by Gasteiger charge is -2.10. The molecule has 2 rings (SSSR count). The number of nitrogens with two attached hydrogens (primary N) is 1. The topological polar surface area (TPSA) is 35.2 Å². The summed E-state index contributed by atoms with van der Waals surface area (Å²) in [5, 5.41) is 0. The number of para-hydroxylation sites is 1. The average Bonchev–Trinajstić information content (AvgIpc) is 2.47. The monoisotopic (exact) mass is 287 g/mol. The highest BCUT2D eigenvalue weighted by atomic mass is 32.2. The minimum absolute atomic E-state index is 0.514. The maximum absolute atomic E-state index is 5.80. The summed E-state index contributed by atoms with van der Waals surface area (Å²) >= 11 is 1.82. The normalized spacial score (nSPS) is 10.6. The Balaban J connectivity index is 1.83. The van der Waals surface area contributed by atoms with Crippen LogP contribution in [0.5, 0.6) is 5.75 Å². The third-order valence-corrected chi connectivity index (χ3v) is 4.24. The van der Waals surface area contributed by atoms with Gasteiger partial charge in [0.1, 0.15) is 5.75 Å². The zero-order valence-corrected chi connectivity index (χ0v) is 12.9. The summed E-state index contributed by atoms with van der Waals surface area (Å²) in [4.78, 5) is 1.30. The molecule has 2 aromatic carbocycles. The first-order valence-corrected chi connectivity index (χ1v) is 7.80. The molecule has 0 aromatic heterocycles. The summed E-state index contributed by atoms with van der Waals surface area (Å²) in [7, 11) is 0. The van der Waals surface area contributed by atoms with Crippen molar-refractivity contribution in [1.82, 2.24) is 0 Å². The first-order chi connectivity index (χ1) is 9.70. The molecule has 0 aliphatic heterocycles. The van der Waals surface area contributed by atoms with E-state index in [2.05, 4.69) is 32.0 Å². The molecule has 2 aromatic rings. The van der Waals surface area contributed by atoms with Gasteiger partial charge in [-0.3, -0.25) is 0 Å². The molecule has 0 saturated carbocycles. The van der Waals surface area contributed by atoms with Crippen molar-refractivity contribution < 1.29 is 4.74 Å². The molecular weight excluding hydrogens is 266 g/mol. The largest absolute Gasteiger partial charge is 0.492 e. The van der Waals surface area contributed by atoms with Gasteiger partial charge in [-0.05, 0) is 43.2 Å². The van der Waals surface area contributed by atoms with Gasteiger partial charge in [0, 0.05) is 22.8 Å². The molecule has 106 valence electrons. The van der Waals surface area contributed by atoms with Gasteiger partial charge in [0.25, 0.3) is 0 Å². The Bertz CT molecular complexity index is 569. The highest BCUT2D eigenvalue weighted by Gasteiger charge is 2.01. The molecule has 0 unspecified atom stereocenters. The quantitative estimate of drug-likeness (QED) is 0.646. The van der Waals surface area contributed by atoms with E-state index in [0.717, 1.165) is 17.1 Å². The van der Waals surface area contributed by atoms with E-state index in [1.165, 1.54) is 16.0 Å². The van der Waals surface area contributed by atoms with E-state index in [1.54, 1.807) is 0 Å². The molecule has 3 heteroatoms. The van der Waals surface area contributed by atoms with Crippen molar-refractivity contribution in [3.8, 4) is 5.75 Å². The van der Waals surface area contributed by atoms with Crippen molar-refractivity contribution in [1.29, 1.82) is 0 Å². The zero-order chi connectivity index (χ0) is 14.4. The van der Waals surface area contributed by atoms with Gasteiger partial charge < -0.3 is 10.5 Å². The molecule has 0 saturated heterocycles. The second kappa shape index (κ2) is 7.36. The van der Waals surface area contributed by atoms with Crippen LogP contribution in [0.25, 0.3) is 0 Å². The summed E-state index contributed by atoms with van der Waals surface area (Å²) < 4.78 is 5.80. The van der Waals surface area contributed by atoms with Crippen molar-refractivity contribution in [3.05, 3.63) is 59.2 Å². The van der Waals surface area contributed by atoms with E-state index < -0.39 is 0 Å². The Hall–Kier alpha value is -1.45. The molecule has 2 nitrogen and oxygen atoms in total. The first kappa shape index (κ1) is 14.9. The maximum Gasteiger partial charge on any atom is 0.123 e. The van der Waals surface area contributed by atoms with E-state index in [4.69, 9.17) is 10.5 Å². The number of ether oxygens (including phenoxy) is 1. The highest BCUT2D eigenvalue weighted by molar-refractivity contribution is 7.99. The third-order valence-electron chi connectivity index (χ3n) is 3.28. The van der Waals surface area contributed by atoms with Gasteiger partial charge in [0.2, 0.25) is 0 Å². The predicted octanol–water partition coefficient (Wildman–Crippen LogP) is 3.93. The molecule has 0 radical (unpaired) electrons. The lowest BCUT2D eigenvalue weighted by atomic mass is 10.1.